The van der Waals surface area contributed by atoms with E-state index < -0.39 is 6.09 Å². The van der Waals surface area contributed by atoms with Crippen molar-refractivity contribution in [1.29, 1.82) is 5.26 Å². The third kappa shape index (κ3) is 3.39. The maximum Gasteiger partial charge on any atom is 0.407 e. The molecule has 29 heavy (non-hydrogen) atoms. The van der Waals surface area contributed by atoms with E-state index in [0.29, 0.717) is 18.5 Å². The molecule has 2 aromatic rings. The Bertz CT molecular complexity index is 993. The summed E-state index contributed by atoms with van der Waals surface area (Å²) in [7, 11) is 1.90. The molecule has 1 heterocycles. The van der Waals surface area contributed by atoms with Crippen molar-refractivity contribution in [3.05, 3.63) is 53.6 Å². The third-order valence-electron chi connectivity index (χ3n) is 6.30. The number of nitriles is 1. The van der Waals surface area contributed by atoms with Gasteiger partial charge < -0.3 is 10.0 Å². The maximum atomic E-state index is 12.6. The van der Waals surface area contributed by atoms with Gasteiger partial charge in [0.05, 0.1) is 37.7 Å². The van der Waals surface area contributed by atoms with E-state index in [0.717, 1.165) is 22.4 Å². The highest BCUT2D eigenvalue weighted by molar-refractivity contribution is 5.89. The summed E-state index contributed by atoms with van der Waals surface area (Å²) in [5.41, 5.74) is 4.18. The summed E-state index contributed by atoms with van der Waals surface area (Å²) >= 11 is 0. The van der Waals surface area contributed by atoms with Gasteiger partial charge in [-0.15, -0.1) is 0 Å². The lowest BCUT2D eigenvalue weighted by Crippen LogP contribution is -2.60. The first-order chi connectivity index (χ1) is 13.7. The number of benzene rings is 2. The van der Waals surface area contributed by atoms with Crippen molar-refractivity contribution in [3.63, 3.8) is 0 Å². The van der Waals surface area contributed by atoms with Crippen LogP contribution in [0.2, 0.25) is 0 Å². The molecule has 0 bridgehead atoms. The third-order valence-corrected chi connectivity index (χ3v) is 6.30. The molecule has 6 nitrogen and oxygen atoms in total. The number of carbonyl (C=O) groups excluding carboxylic acids is 1. The zero-order valence-corrected chi connectivity index (χ0v) is 17.2. The average molecular weight is 392 g/mol. The standard InChI is InChI=1S/C23H25N3O3/c1-5-25(23(28)29)21-12-15(2)26(4,16(3)27)22-11-10-19(13-20(21)22)18-8-6-17(14-24)7-9-18/h6-11,13,15,21H,5,12H2,1-4H3/p+1/t15-,21+,26?/m0/s1. The molecule has 3 rings (SSSR count). The van der Waals surface area contributed by atoms with Gasteiger partial charge in [-0.3, -0.25) is 0 Å². The Morgan fingerprint density at radius 1 is 1.21 bits per heavy atom. The number of fused-ring (bicyclic) bond motifs is 1. The van der Waals surface area contributed by atoms with Crippen LogP contribution in [-0.4, -0.2) is 41.6 Å². The van der Waals surface area contributed by atoms with Crippen LogP contribution in [0.5, 0.6) is 0 Å². The SMILES string of the molecule is CCN(C(=O)O)[C@@H]1C[C@H](C)[N+](C)(C(C)=O)c2ccc(-c3ccc(C#N)cc3)cc21. The van der Waals surface area contributed by atoms with E-state index >= 15 is 0 Å². The molecular weight excluding hydrogens is 366 g/mol. The zero-order chi connectivity index (χ0) is 21.3. The predicted octanol–water partition coefficient (Wildman–Crippen LogP) is 4.54. The van der Waals surface area contributed by atoms with E-state index in [4.69, 9.17) is 5.26 Å². The number of nitrogens with zero attached hydrogens (tertiary/aromatic N) is 3. The molecule has 0 saturated carbocycles. The quantitative estimate of drug-likeness (QED) is 0.778. The van der Waals surface area contributed by atoms with Gasteiger partial charge in [0, 0.05) is 24.6 Å². The van der Waals surface area contributed by atoms with Crippen LogP contribution in [0.25, 0.3) is 11.1 Å². The smallest absolute Gasteiger partial charge is 0.407 e. The second-order valence-corrected chi connectivity index (χ2v) is 7.73. The van der Waals surface area contributed by atoms with Gasteiger partial charge >= 0.3 is 12.0 Å². The molecule has 6 heteroatoms. The molecule has 2 amide bonds. The fourth-order valence-corrected chi connectivity index (χ4v) is 4.32. The van der Waals surface area contributed by atoms with E-state index in [1.807, 2.05) is 51.2 Å². The summed E-state index contributed by atoms with van der Waals surface area (Å²) in [6.07, 6.45) is -0.390. The number of carbonyl (C=O) groups is 2. The van der Waals surface area contributed by atoms with Crippen molar-refractivity contribution in [1.82, 2.24) is 9.38 Å². The van der Waals surface area contributed by atoms with Gasteiger partial charge in [0.2, 0.25) is 0 Å². The number of quaternary nitrogens is 1. The van der Waals surface area contributed by atoms with Gasteiger partial charge in [-0.2, -0.15) is 5.26 Å². The van der Waals surface area contributed by atoms with Crippen LogP contribution in [0, 0.1) is 11.3 Å². The van der Waals surface area contributed by atoms with Crippen LogP contribution in [0.3, 0.4) is 0 Å². The van der Waals surface area contributed by atoms with E-state index in [1.54, 1.807) is 19.1 Å². The van der Waals surface area contributed by atoms with Crippen molar-refractivity contribution in [2.75, 3.05) is 13.6 Å². The minimum absolute atomic E-state index is 0.0293. The molecule has 1 aliphatic heterocycles. The summed E-state index contributed by atoms with van der Waals surface area (Å²) in [4.78, 5) is 25.9. The molecule has 1 unspecified atom stereocenters. The van der Waals surface area contributed by atoms with E-state index in [2.05, 4.69) is 6.07 Å². The molecule has 150 valence electrons. The molecule has 1 N–H and O–H groups in total. The summed E-state index contributed by atoms with van der Waals surface area (Å²) in [6.45, 7) is 5.79. The van der Waals surface area contributed by atoms with Crippen LogP contribution < -0.4 is 4.48 Å². The molecule has 1 aliphatic rings. The van der Waals surface area contributed by atoms with Crippen molar-refractivity contribution in [2.24, 2.45) is 0 Å². The molecule has 0 fully saturated rings. The minimum atomic E-state index is -0.960. The van der Waals surface area contributed by atoms with E-state index in [9.17, 15) is 14.7 Å². The Kier molecular flexibility index (Phi) is 5.45. The second kappa shape index (κ2) is 7.69. The molecule has 0 aromatic heterocycles. The van der Waals surface area contributed by atoms with Gasteiger partial charge in [0.1, 0.15) is 5.69 Å². The number of amides is 2. The Labute approximate surface area is 171 Å². The molecule has 3 atom stereocenters. The highest BCUT2D eigenvalue weighted by atomic mass is 16.4. The first-order valence-corrected chi connectivity index (χ1v) is 9.76. The lowest BCUT2D eigenvalue weighted by atomic mass is 9.86. The number of rotatable bonds is 3. The van der Waals surface area contributed by atoms with Crippen LogP contribution in [0.1, 0.15) is 44.4 Å². The lowest BCUT2D eigenvalue weighted by molar-refractivity contribution is -0.129. The van der Waals surface area contributed by atoms with Crippen LogP contribution in [-0.2, 0) is 4.79 Å². The van der Waals surface area contributed by atoms with Crippen molar-refractivity contribution in [3.8, 4) is 17.2 Å². The number of hydrogen-bond donors (Lipinski definition) is 1. The maximum absolute atomic E-state index is 12.6. The van der Waals surface area contributed by atoms with Crippen LogP contribution >= 0.6 is 0 Å². The first kappa shape index (κ1) is 20.6. The number of carboxylic acid groups (broad SMARTS) is 1. The molecule has 0 aliphatic carbocycles. The first-order valence-electron chi connectivity index (χ1n) is 9.76. The Balaban J connectivity index is 2.20. The van der Waals surface area contributed by atoms with Crippen molar-refractivity contribution >= 4 is 17.7 Å². The average Bonchev–Trinajstić information content (AvgIpc) is 2.71. The van der Waals surface area contributed by atoms with Gasteiger partial charge in [-0.25, -0.2) is 14.1 Å². The lowest BCUT2D eigenvalue weighted by Gasteiger charge is -2.45. The van der Waals surface area contributed by atoms with Gasteiger partial charge in [0.15, 0.2) is 0 Å². The second-order valence-electron chi connectivity index (χ2n) is 7.73. The van der Waals surface area contributed by atoms with Gasteiger partial charge in [0.25, 0.3) is 0 Å². The van der Waals surface area contributed by atoms with Gasteiger partial charge in [-0.05, 0) is 49.2 Å². The molecule has 0 spiro atoms. The highest BCUT2D eigenvalue weighted by Gasteiger charge is 2.47. The fraction of sp³-hybridized carbons (Fsp3) is 0.348. The van der Waals surface area contributed by atoms with E-state index in [1.165, 1.54) is 4.90 Å². The summed E-state index contributed by atoms with van der Waals surface area (Å²) < 4.78 is 0.149. The van der Waals surface area contributed by atoms with Crippen LogP contribution in [0.15, 0.2) is 42.5 Å². The summed E-state index contributed by atoms with van der Waals surface area (Å²) in [5.74, 6) is 0.0293. The normalized spacial score (nSPS) is 23.0. The van der Waals surface area contributed by atoms with Crippen molar-refractivity contribution < 1.29 is 14.7 Å². The largest absolute Gasteiger partial charge is 0.465 e. The topological polar surface area (TPSA) is 81.4 Å². The molecule has 0 radical (unpaired) electrons. The molecule has 2 aromatic carbocycles. The monoisotopic (exact) mass is 392 g/mol. The fourth-order valence-electron chi connectivity index (χ4n) is 4.32. The highest BCUT2D eigenvalue weighted by Crippen LogP contribution is 2.45. The number of hydrogen-bond acceptors (Lipinski definition) is 3. The van der Waals surface area contributed by atoms with Crippen molar-refractivity contribution in [2.45, 2.75) is 39.3 Å². The minimum Gasteiger partial charge on any atom is -0.465 e. The zero-order valence-electron chi connectivity index (χ0n) is 17.2. The summed E-state index contributed by atoms with van der Waals surface area (Å²) in [6, 6.07) is 15.0. The molecular formula is C23H26N3O3+. The van der Waals surface area contributed by atoms with Gasteiger partial charge in [-0.1, -0.05) is 12.1 Å². The Morgan fingerprint density at radius 3 is 2.34 bits per heavy atom. The molecule has 0 saturated heterocycles. The van der Waals surface area contributed by atoms with E-state index in [-0.39, 0.29) is 22.5 Å². The Morgan fingerprint density at radius 2 is 1.83 bits per heavy atom. The summed E-state index contributed by atoms with van der Waals surface area (Å²) in [5, 5.41) is 18.8. The predicted molar refractivity (Wildman–Crippen MR) is 112 cm³/mol. The Hall–Kier alpha value is -3.17. The van der Waals surface area contributed by atoms with Crippen LogP contribution in [0.4, 0.5) is 10.5 Å².